The van der Waals surface area contributed by atoms with Gasteiger partial charge in [-0.15, -0.1) is 0 Å². The average Bonchev–Trinajstić information content (AvgIpc) is 2.98. The van der Waals surface area contributed by atoms with E-state index in [0.717, 1.165) is 11.9 Å². The second-order valence-corrected chi connectivity index (χ2v) is 7.18. The van der Waals surface area contributed by atoms with Crippen LogP contribution in [0.15, 0.2) is 28.0 Å². The van der Waals surface area contributed by atoms with Crippen molar-refractivity contribution in [2.75, 3.05) is 0 Å². The number of aromatic amines is 1. The summed E-state index contributed by atoms with van der Waals surface area (Å²) < 4.78 is 3.09. The highest BCUT2D eigenvalue weighted by molar-refractivity contribution is 6.01. The van der Waals surface area contributed by atoms with E-state index in [1.807, 2.05) is 12.1 Å². The molecule has 2 heterocycles. The number of hydrogen-bond acceptors (Lipinski definition) is 3. The molecule has 0 aliphatic carbocycles. The number of fused-ring (bicyclic) bond motifs is 3. The Labute approximate surface area is 140 Å². The molecule has 0 saturated heterocycles. The van der Waals surface area contributed by atoms with Gasteiger partial charge in [-0.25, -0.2) is 9.78 Å². The van der Waals surface area contributed by atoms with Crippen molar-refractivity contribution in [3.63, 3.8) is 0 Å². The van der Waals surface area contributed by atoms with Gasteiger partial charge in [0.15, 0.2) is 0 Å². The van der Waals surface area contributed by atoms with Gasteiger partial charge in [-0.1, -0.05) is 27.7 Å². The fourth-order valence-corrected chi connectivity index (χ4v) is 3.03. The van der Waals surface area contributed by atoms with E-state index in [4.69, 9.17) is 0 Å². The molecule has 0 unspecified atom stereocenters. The summed E-state index contributed by atoms with van der Waals surface area (Å²) in [5, 5.41) is 0.526. The first-order valence-corrected chi connectivity index (χ1v) is 8.49. The van der Waals surface area contributed by atoms with Crippen LogP contribution in [0.3, 0.4) is 0 Å². The monoisotopic (exact) mass is 328 g/mol. The van der Waals surface area contributed by atoms with Crippen molar-refractivity contribution in [1.29, 1.82) is 0 Å². The number of benzene rings is 1. The van der Waals surface area contributed by atoms with E-state index in [9.17, 15) is 9.59 Å². The van der Waals surface area contributed by atoms with Gasteiger partial charge in [-0.2, -0.15) is 0 Å². The minimum absolute atomic E-state index is 0.225. The number of nitrogens with zero attached hydrogens (tertiary/aromatic N) is 3. The van der Waals surface area contributed by atoms with E-state index in [2.05, 4.69) is 37.7 Å². The van der Waals surface area contributed by atoms with Crippen LogP contribution < -0.4 is 11.2 Å². The lowest BCUT2D eigenvalue weighted by molar-refractivity contribution is 0.458. The largest absolute Gasteiger partial charge is 0.345 e. The van der Waals surface area contributed by atoms with Crippen LogP contribution in [0.25, 0.3) is 21.9 Å². The molecule has 0 radical (unpaired) electrons. The second-order valence-electron chi connectivity index (χ2n) is 7.18. The van der Waals surface area contributed by atoms with Gasteiger partial charge < -0.3 is 4.98 Å². The van der Waals surface area contributed by atoms with Crippen molar-refractivity contribution in [3.8, 4) is 0 Å². The number of rotatable bonds is 5. The summed E-state index contributed by atoms with van der Waals surface area (Å²) in [6.07, 6.45) is 2.37. The third-order valence-corrected chi connectivity index (χ3v) is 4.26. The van der Waals surface area contributed by atoms with Gasteiger partial charge in [0, 0.05) is 13.1 Å². The van der Waals surface area contributed by atoms with E-state index in [0.29, 0.717) is 41.3 Å². The van der Waals surface area contributed by atoms with Gasteiger partial charge in [0.05, 0.1) is 22.7 Å². The molecule has 1 N–H and O–H groups in total. The molecule has 3 rings (SSSR count). The van der Waals surface area contributed by atoms with Gasteiger partial charge in [-0.05, 0) is 30.4 Å². The van der Waals surface area contributed by atoms with Crippen LogP contribution in [0, 0.1) is 11.8 Å². The van der Waals surface area contributed by atoms with E-state index in [1.165, 1.54) is 4.57 Å². The third kappa shape index (κ3) is 2.77. The maximum Gasteiger partial charge on any atom is 0.331 e. The Kier molecular flexibility index (Phi) is 4.30. The Morgan fingerprint density at radius 1 is 1.08 bits per heavy atom. The molecule has 1 aromatic carbocycles. The molecule has 0 fully saturated rings. The number of hydrogen-bond donors (Lipinski definition) is 1. The standard InChI is InChI=1S/C18H24N4O2/c1-11(2)7-8-21-17(23)15-14(22(18(21)24)9-12(3)4)6-5-13-16(15)20-10-19-13/h5-6,10-12H,7-9H2,1-4H3,(H,19,20). The summed E-state index contributed by atoms with van der Waals surface area (Å²) in [6, 6.07) is 3.71. The normalized spacial score (nSPS) is 12.1. The zero-order valence-corrected chi connectivity index (χ0v) is 14.7. The highest BCUT2D eigenvalue weighted by Crippen LogP contribution is 2.19. The predicted molar refractivity (Wildman–Crippen MR) is 96.4 cm³/mol. The Bertz CT molecular complexity index is 992. The van der Waals surface area contributed by atoms with Crippen LogP contribution >= 0.6 is 0 Å². The van der Waals surface area contributed by atoms with Crippen LogP contribution in [-0.2, 0) is 13.1 Å². The fourth-order valence-electron chi connectivity index (χ4n) is 3.03. The lowest BCUT2D eigenvalue weighted by Gasteiger charge is -2.16. The van der Waals surface area contributed by atoms with Gasteiger partial charge in [-0.3, -0.25) is 13.9 Å². The highest BCUT2D eigenvalue weighted by atomic mass is 16.2. The van der Waals surface area contributed by atoms with Crippen LogP contribution in [0.5, 0.6) is 0 Å². The zero-order valence-electron chi connectivity index (χ0n) is 14.7. The topological polar surface area (TPSA) is 72.7 Å². The van der Waals surface area contributed by atoms with E-state index >= 15 is 0 Å². The van der Waals surface area contributed by atoms with Crippen molar-refractivity contribution in [1.82, 2.24) is 19.1 Å². The molecular weight excluding hydrogens is 304 g/mol. The summed E-state index contributed by atoms with van der Waals surface area (Å²) >= 11 is 0. The number of imidazole rings is 1. The summed E-state index contributed by atoms with van der Waals surface area (Å²) in [5.74, 6) is 0.726. The maximum atomic E-state index is 13.0. The number of nitrogens with one attached hydrogen (secondary N) is 1. The van der Waals surface area contributed by atoms with E-state index < -0.39 is 0 Å². The summed E-state index contributed by atoms with van der Waals surface area (Å²) in [7, 11) is 0. The highest BCUT2D eigenvalue weighted by Gasteiger charge is 2.17. The Hall–Kier alpha value is -2.37. The van der Waals surface area contributed by atoms with Crippen molar-refractivity contribution in [2.45, 2.75) is 47.2 Å². The van der Waals surface area contributed by atoms with Gasteiger partial charge in [0.2, 0.25) is 0 Å². The molecule has 6 nitrogen and oxygen atoms in total. The van der Waals surface area contributed by atoms with Crippen molar-refractivity contribution >= 4 is 21.9 Å². The minimum atomic E-state index is -0.242. The van der Waals surface area contributed by atoms with E-state index in [-0.39, 0.29) is 11.2 Å². The van der Waals surface area contributed by atoms with Gasteiger partial charge >= 0.3 is 5.69 Å². The molecule has 24 heavy (non-hydrogen) atoms. The maximum absolute atomic E-state index is 13.0. The molecule has 2 aromatic heterocycles. The van der Waals surface area contributed by atoms with E-state index in [1.54, 1.807) is 10.9 Å². The molecule has 0 amide bonds. The van der Waals surface area contributed by atoms with Gasteiger partial charge in [0.25, 0.3) is 5.56 Å². The second kappa shape index (κ2) is 6.26. The molecule has 0 saturated carbocycles. The van der Waals surface area contributed by atoms with Crippen molar-refractivity contribution < 1.29 is 0 Å². The van der Waals surface area contributed by atoms with Gasteiger partial charge in [0.1, 0.15) is 5.52 Å². The van der Waals surface area contributed by atoms with Crippen LogP contribution in [-0.4, -0.2) is 19.1 Å². The van der Waals surface area contributed by atoms with Crippen LogP contribution in [0.2, 0.25) is 0 Å². The fraction of sp³-hybridized carbons (Fsp3) is 0.500. The number of H-pyrrole nitrogens is 1. The third-order valence-electron chi connectivity index (χ3n) is 4.26. The first-order chi connectivity index (χ1) is 11.4. The Morgan fingerprint density at radius 2 is 1.83 bits per heavy atom. The quantitative estimate of drug-likeness (QED) is 0.782. The Morgan fingerprint density at radius 3 is 2.50 bits per heavy atom. The molecule has 128 valence electrons. The Balaban J connectivity index is 2.38. The first kappa shape index (κ1) is 16.5. The molecule has 0 spiro atoms. The molecule has 3 aromatic rings. The molecule has 0 bridgehead atoms. The molecule has 0 aliphatic heterocycles. The first-order valence-electron chi connectivity index (χ1n) is 8.49. The van der Waals surface area contributed by atoms with Crippen molar-refractivity contribution in [2.24, 2.45) is 11.8 Å². The molecule has 0 aliphatic rings. The average molecular weight is 328 g/mol. The summed E-state index contributed by atoms with van der Waals surface area (Å²) in [6.45, 7) is 9.32. The van der Waals surface area contributed by atoms with Crippen LogP contribution in [0.1, 0.15) is 34.1 Å². The smallest absolute Gasteiger partial charge is 0.331 e. The molecule has 0 atom stereocenters. The van der Waals surface area contributed by atoms with Crippen molar-refractivity contribution in [3.05, 3.63) is 39.3 Å². The minimum Gasteiger partial charge on any atom is -0.345 e. The zero-order chi connectivity index (χ0) is 17.4. The lowest BCUT2D eigenvalue weighted by Crippen LogP contribution is -2.41. The lowest BCUT2D eigenvalue weighted by atomic mass is 10.1. The SMILES string of the molecule is CC(C)CCn1c(=O)c2c3nc[nH]c3ccc2n(CC(C)C)c1=O. The summed E-state index contributed by atoms with van der Waals surface area (Å²) in [5.41, 5.74) is 1.64. The number of aromatic nitrogens is 4. The summed E-state index contributed by atoms with van der Waals surface area (Å²) in [4.78, 5) is 33.3. The predicted octanol–water partition coefficient (Wildman–Crippen LogP) is 2.74. The van der Waals surface area contributed by atoms with Crippen LogP contribution in [0.4, 0.5) is 0 Å². The molecular formula is C18H24N4O2. The molecule has 6 heteroatoms.